The molecule has 19 heteroatoms. The van der Waals surface area contributed by atoms with Gasteiger partial charge in [-0.1, -0.05) is 44.2 Å². The van der Waals surface area contributed by atoms with Gasteiger partial charge in [0.1, 0.15) is 49.1 Å². The van der Waals surface area contributed by atoms with Crippen LogP contribution >= 0.6 is 0 Å². The van der Waals surface area contributed by atoms with Crippen molar-refractivity contribution in [1.29, 1.82) is 0 Å². The van der Waals surface area contributed by atoms with Crippen molar-refractivity contribution < 1.29 is 71.5 Å². The molecule has 0 saturated carbocycles. The molecule has 1 aliphatic heterocycles. The highest BCUT2D eigenvalue weighted by Gasteiger charge is 2.52. The molecule has 0 aliphatic carbocycles. The first-order valence-electron chi connectivity index (χ1n) is 18.4. The van der Waals surface area contributed by atoms with Crippen molar-refractivity contribution in [2.75, 3.05) is 6.61 Å². The Hall–Kier alpha value is -5.30. The molecule has 0 bridgehead atoms. The van der Waals surface area contributed by atoms with E-state index in [9.17, 15) is 38.4 Å². The quantitative estimate of drug-likeness (QED) is 0.128. The van der Waals surface area contributed by atoms with Gasteiger partial charge in [-0.2, -0.15) is 0 Å². The molecule has 0 aromatic heterocycles. The van der Waals surface area contributed by atoms with Gasteiger partial charge < -0.3 is 54.4 Å². The number of nitrogens with one attached hydrogen (secondary N) is 4. The van der Waals surface area contributed by atoms with Crippen LogP contribution in [-0.4, -0.2) is 115 Å². The van der Waals surface area contributed by atoms with Crippen LogP contribution in [0.3, 0.4) is 0 Å². The summed E-state index contributed by atoms with van der Waals surface area (Å²) in [7, 11) is 0. The second-order valence-corrected chi connectivity index (χ2v) is 14.7. The van der Waals surface area contributed by atoms with Crippen LogP contribution in [0.2, 0.25) is 0 Å². The number of hydrogen-bond donors (Lipinski definition) is 4. The lowest BCUT2D eigenvalue weighted by atomic mass is 9.95. The number of ether oxygens (including phenoxy) is 7. The van der Waals surface area contributed by atoms with Gasteiger partial charge in [0.15, 0.2) is 18.5 Å². The van der Waals surface area contributed by atoms with E-state index >= 15 is 0 Å². The first kappa shape index (κ1) is 47.9. The fourth-order valence-electron chi connectivity index (χ4n) is 5.48. The molecule has 9 atom stereocenters. The maximum atomic E-state index is 14.1. The molecule has 0 unspecified atom stereocenters. The SMILES string of the molecule is CC(=O)N[C@H]1[C@@H](O[C@H](C)[C@H](NC(=O)[C@H](C)NC(=O)OCc2ccccc2)C(=O)N[C@H](C(=O)OC(C)(C)C)C(C)C)O[C@H](COC(C)=O)[C@H](OC(C)=O)[C@@H]1OC(C)=O. The van der Waals surface area contributed by atoms with Gasteiger partial charge in [-0.15, -0.1) is 0 Å². The summed E-state index contributed by atoms with van der Waals surface area (Å²) in [5.41, 5.74) is -0.206. The van der Waals surface area contributed by atoms with Gasteiger partial charge >= 0.3 is 30.0 Å². The molecule has 19 nitrogen and oxygen atoms in total. The third-order valence-electron chi connectivity index (χ3n) is 8.04. The number of carbonyl (C=O) groups is 8. The number of carbonyl (C=O) groups excluding carboxylic acids is 8. The Morgan fingerprint density at radius 1 is 0.737 bits per heavy atom. The van der Waals surface area contributed by atoms with Crippen molar-refractivity contribution >= 4 is 47.7 Å². The fourth-order valence-corrected chi connectivity index (χ4v) is 5.48. The van der Waals surface area contributed by atoms with Crippen LogP contribution in [-0.2, 0) is 73.3 Å². The maximum Gasteiger partial charge on any atom is 0.408 e. The average Bonchev–Trinajstić information content (AvgIpc) is 3.08. The predicted octanol–water partition coefficient (Wildman–Crippen LogP) is 1.33. The Labute approximate surface area is 331 Å². The molecule has 2 rings (SSSR count). The molecule has 1 heterocycles. The number of esters is 4. The largest absolute Gasteiger partial charge is 0.463 e. The van der Waals surface area contributed by atoms with Crippen LogP contribution in [0.15, 0.2) is 30.3 Å². The summed E-state index contributed by atoms with van der Waals surface area (Å²) < 4.78 is 39.1. The van der Waals surface area contributed by atoms with E-state index in [1.165, 1.54) is 13.8 Å². The van der Waals surface area contributed by atoms with E-state index in [1.807, 2.05) is 0 Å². The average molecular weight is 809 g/mol. The van der Waals surface area contributed by atoms with E-state index in [2.05, 4.69) is 21.3 Å². The van der Waals surface area contributed by atoms with Crippen molar-refractivity contribution in [2.45, 2.75) is 143 Å². The lowest BCUT2D eigenvalue weighted by molar-refractivity contribution is -0.287. The molecule has 1 aromatic rings. The minimum absolute atomic E-state index is 0.0832. The zero-order valence-electron chi connectivity index (χ0n) is 34.2. The van der Waals surface area contributed by atoms with Crippen LogP contribution < -0.4 is 21.3 Å². The second kappa shape index (κ2) is 21.9. The number of amides is 4. The zero-order valence-corrected chi connectivity index (χ0v) is 34.2. The minimum Gasteiger partial charge on any atom is -0.463 e. The van der Waals surface area contributed by atoms with Crippen molar-refractivity contribution in [1.82, 2.24) is 21.3 Å². The first-order chi connectivity index (χ1) is 26.5. The van der Waals surface area contributed by atoms with Crippen molar-refractivity contribution in [2.24, 2.45) is 5.92 Å². The van der Waals surface area contributed by atoms with Crippen LogP contribution in [0.1, 0.15) is 81.7 Å². The normalized spacial score (nSPS) is 21.3. The molecule has 0 spiro atoms. The summed E-state index contributed by atoms with van der Waals surface area (Å²) in [5, 5.41) is 10.1. The maximum absolute atomic E-state index is 14.1. The topological polar surface area (TPSA) is 249 Å². The number of rotatable bonds is 17. The lowest BCUT2D eigenvalue weighted by Gasteiger charge is -2.46. The smallest absolute Gasteiger partial charge is 0.408 e. The summed E-state index contributed by atoms with van der Waals surface area (Å²) in [5.74, 6) is -6.08. The monoisotopic (exact) mass is 808 g/mol. The summed E-state index contributed by atoms with van der Waals surface area (Å²) >= 11 is 0. The summed E-state index contributed by atoms with van der Waals surface area (Å²) in [6.45, 7) is 14.8. The van der Waals surface area contributed by atoms with E-state index in [-0.39, 0.29) is 6.61 Å². The second-order valence-electron chi connectivity index (χ2n) is 14.7. The van der Waals surface area contributed by atoms with Gasteiger partial charge in [0, 0.05) is 27.7 Å². The van der Waals surface area contributed by atoms with Gasteiger partial charge in [0.05, 0.1) is 6.10 Å². The van der Waals surface area contributed by atoms with Crippen LogP contribution in [0.25, 0.3) is 0 Å². The molecule has 1 saturated heterocycles. The Kier molecular flexibility index (Phi) is 18.3. The molecule has 1 aromatic carbocycles. The number of hydrogen-bond acceptors (Lipinski definition) is 15. The third kappa shape index (κ3) is 16.4. The standard InChI is InChI=1S/C38H56N4O15/c1-19(2)28(35(49)57-38(9,10)11)41-34(48)29(42-33(47)20(3)39-37(50)52-17-26-15-13-12-14-16-26)21(4)53-36-30(40-22(5)43)32(55-25(8)46)31(54-24(7)45)27(56-36)18-51-23(6)44/h12-16,19-21,27-32,36H,17-18H2,1-11H3,(H,39,50)(H,40,43)(H,41,48)(H,42,47)/t20-,21+,27+,28-,29-,30+,31-,32+,36-/m0/s1. The Morgan fingerprint density at radius 3 is 1.84 bits per heavy atom. The van der Waals surface area contributed by atoms with Crippen molar-refractivity contribution in [3.8, 4) is 0 Å². The molecular weight excluding hydrogens is 752 g/mol. The highest BCUT2D eigenvalue weighted by molar-refractivity contribution is 5.93. The predicted molar refractivity (Wildman–Crippen MR) is 198 cm³/mol. The summed E-state index contributed by atoms with van der Waals surface area (Å²) in [6, 6.07) is 3.29. The first-order valence-corrected chi connectivity index (χ1v) is 18.4. The van der Waals surface area contributed by atoms with Gasteiger partial charge in [-0.05, 0) is 46.1 Å². The van der Waals surface area contributed by atoms with Crippen LogP contribution in [0.4, 0.5) is 4.79 Å². The Bertz CT molecular complexity index is 1580. The van der Waals surface area contributed by atoms with Gasteiger partial charge in [0.25, 0.3) is 0 Å². The molecule has 4 N–H and O–H groups in total. The number of benzene rings is 1. The Balaban J connectivity index is 2.52. The van der Waals surface area contributed by atoms with E-state index < -0.39 is 121 Å². The van der Waals surface area contributed by atoms with Crippen molar-refractivity contribution in [3.63, 3.8) is 0 Å². The van der Waals surface area contributed by atoms with Gasteiger partial charge in [-0.25, -0.2) is 9.59 Å². The van der Waals surface area contributed by atoms with E-state index in [4.69, 9.17) is 33.2 Å². The lowest BCUT2D eigenvalue weighted by Crippen LogP contribution is -2.68. The molecule has 1 aliphatic rings. The fraction of sp³-hybridized carbons (Fsp3) is 0.632. The molecule has 318 valence electrons. The minimum atomic E-state index is -1.64. The molecular formula is C38H56N4O15. The Morgan fingerprint density at radius 2 is 1.32 bits per heavy atom. The van der Waals surface area contributed by atoms with Gasteiger partial charge in [0.2, 0.25) is 17.7 Å². The van der Waals surface area contributed by atoms with Crippen LogP contribution in [0, 0.1) is 5.92 Å². The van der Waals surface area contributed by atoms with Crippen LogP contribution in [0.5, 0.6) is 0 Å². The molecule has 1 fully saturated rings. The van der Waals surface area contributed by atoms with E-state index in [1.54, 1.807) is 65.0 Å². The van der Waals surface area contributed by atoms with E-state index in [0.29, 0.717) is 5.56 Å². The van der Waals surface area contributed by atoms with Gasteiger partial charge in [-0.3, -0.25) is 28.8 Å². The molecule has 0 radical (unpaired) electrons. The molecule has 4 amide bonds. The van der Waals surface area contributed by atoms with Crippen molar-refractivity contribution in [3.05, 3.63) is 35.9 Å². The zero-order chi connectivity index (χ0) is 43.2. The third-order valence-corrected chi connectivity index (χ3v) is 8.04. The molecule has 57 heavy (non-hydrogen) atoms. The summed E-state index contributed by atoms with van der Waals surface area (Å²) in [6.07, 6.45) is -8.18. The summed E-state index contributed by atoms with van der Waals surface area (Å²) in [4.78, 5) is 102. The highest BCUT2D eigenvalue weighted by Crippen LogP contribution is 2.29. The number of alkyl carbamates (subject to hydrolysis) is 1. The van der Waals surface area contributed by atoms with E-state index in [0.717, 1.165) is 27.7 Å². The highest BCUT2D eigenvalue weighted by atomic mass is 16.7.